The van der Waals surface area contributed by atoms with E-state index in [0.717, 1.165) is 19.3 Å². The molecule has 1 aliphatic rings. The minimum atomic E-state index is -0.208. The van der Waals surface area contributed by atoms with E-state index in [2.05, 4.69) is 27.7 Å². The quantitative estimate of drug-likeness (QED) is 0.596. The molecule has 0 N–H and O–H groups in total. The number of hydroxylamine groups is 2. The summed E-state index contributed by atoms with van der Waals surface area (Å²) in [6.45, 7) is 8.34. The first-order chi connectivity index (χ1) is 6.15. The van der Waals surface area contributed by atoms with Gasteiger partial charge in [-0.25, -0.2) is 0 Å². The van der Waals surface area contributed by atoms with E-state index in [0.29, 0.717) is 0 Å². The third kappa shape index (κ3) is 1.38. The molecule has 0 amide bonds. The molecule has 1 rings (SSSR count). The number of hydrogen-bond acceptors (Lipinski definition) is 1. The summed E-state index contributed by atoms with van der Waals surface area (Å²) in [7, 11) is 3.78. The minimum absolute atomic E-state index is 0.203. The lowest BCUT2D eigenvalue weighted by Gasteiger charge is -2.55. The Labute approximate surface area is 87.8 Å². The lowest BCUT2D eigenvalue weighted by atomic mass is 9.80. The van der Waals surface area contributed by atoms with Gasteiger partial charge in [0.1, 0.15) is 11.1 Å². The standard InChI is InChI=1S/C11H24N2O/c1-10(2)8-7-9-11(3,4)13(10,14)12(5)6/h7-9H2,1-6H3/q+1. The Bertz CT molecular complexity index is 205. The number of piperidine rings is 1. The Balaban J connectivity index is 3.15. The number of quaternary nitrogens is 1. The normalized spacial score (nSPS) is 29.1. The molecule has 0 unspecified atom stereocenters. The van der Waals surface area contributed by atoms with Gasteiger partial charge >= 0.3 is 0 Å². The van der Waals surface area contributed by atoms with E-state index in [1.165, 1.54) is 0 Å². The summed E-state index contributed by atoms with van der Waals surface area (Å²) in [6.07, 6.45) is 3.19. The molecule has 1 heterocycles. The lowest BCUT2D eigenvalue weighted by Crippen LogP contribution is -2.75. The Hall–Kier alpha value is -0.120. The molecule has 83 valence electrons. The van der Waals surface area contributed by atoms with Crippen molar-refractivity contribution in [2.45, 2.75) is 58.0 Å². The fourth-order valence-corrected chi connectivity index (χ4v) is 3.16. The van der Waals surface area contributed by atoms with E-state index in [-0.39, 0.29) is 15.8 Å². The van der Waals surface area contributed by atoms with Crippen LogP contribution in [0.25, 0.3) is 0 Å². The highest BCUT2D eigenvalue weighted by molar-refractivity contribution is 4.82. The van der Waals surface area contributed by atoms with Gasteiger partial charge in [-0.1, -0.05) is 4.76 Å². The van der Waals surface area contributed by atoms with Crippen LogP contribution in [-0.4, -0.2) is 34.9 Å². The zero-order valence-electron chi connectivity index (χ0n) is 10.4. The van der Waals surface area contributed by atoms with E-state index in [1.807, 2.05) is 19.1 Å². The van der Waals surface area contributed by atoms with Gasteiger partial charge in [0.15, 0.2) is 0 Å². The Morgan fingerprint density at radius 3 is 1.57 bits per heavy atom. The average Bonchev–Trinajstić information content (AvgIpc) is 1.98. The van der Waals surface area contributed by atoms with Crippen LogP contribution in [0.5, 0.6) is 0 Å². The summed E-state index contributed by atoms with van der Waals surface area (Å²) in [5.41, 5.74) is -0.406. The zero-order chi connectivity index (χ0) is 11.2. The first kappa shape index (κ1) is 12.0. The van der Waals surface area contributed by atoms with E-state index < -0.39 is 0 Å². The summed E-state index contributed by atoms with van der Waals surface area (Å²) >= 11 is 0. The Kier molecular flexibility index (Phi) is 2.72. The van der Waals surface area contributed by atoms with E-state index in [9.17, 15) is 5.21 Å². The van der Waals surface area contributed by atoms with Crippen molar-refractivity contribution in [3.63, 3.8) is 0 Å². The summed E-state index contributed by atoms with van der Waals surface area (Å²) in [5.74, 6) is 0. The lowest BCUT2D eigenvalue weighted by molar-refractivity contribution is -1.27. The SMILES string of the molecule is CN(C)[N+]1([O])C(C)(C)CCCC1(C)C. The van der Waals surface area contributed by atoms with Gasteiger partial charge in [-0.05, 0) is 34.1 Å². The van der Waals surface area contributed by atoms with Crippen LogP contribution in [0.3, 0.4) is 0 Å². The molecule has 0 spiro atoms. The molecule has 0 aromatic heterocycles. The van der Waals surface area contributed by atoms with Crippen molar-refractivity contribution < 1.29 is 9.96 Å². The van der Waals surface area contributed by atoms with Crippen LogP contribution in [0.1, 0.15) is 47.0 Å². The predicted molar refractivity (Wildman–Crippen MR) is 56.6 cm³/mol. The molecule has 0 aromatic rings. The van der Waals surface area contributed by atoms with Gasteiger partial charge in [-0.2, -0.15) is 0 Å². The third-order valence-electron chi connectivity index (χ3n) is 3.78. The van der Waals surface area contributed by atoms with Crippen molar-refractivity contribution in [1.82, 2.24) is 5.01 Å². The number of rotatable bonds is 1. The predicted octanol–water partition coefficient (Wildman–Crippen LogP) is 2.37. The molecule has 1 fully saturated rings. The van der Waals surface area contributed by atoms with Gasteiger partial charge in [0.2, 0.25) is 0 Å². The van der Waals surface area contributed by atoms with Crippen LogP contribution in [0.4, 0.5) is 0 Å². The second kappa shape index (κ2) is 3.19. The first-order valence-corrected chi connectivity index (χ1v) is 5.43. The molecule has 0 aromatic carbocycles. The Morgan fingerprint density at radius 1 is 1.00 bits per heavy atom. The van der Waals surface area contributed by atoms with E-state index in [4.69, 9.17) is 0 Å². The maximum absolute atomic E-state index is 13.0. The topological polar surface area (TPSA) is 23.1 Å². The molecule has 1 saturated heterocycles. The van der Waals surface area contributed by atoms with Crippen molar-refractivity contribution in [2.75, 3.05) is 14.1 Å². The smallest absolute Gasteiger partial charge is 0.125 e. The van der Waals surface area contributed by atoms with Crippen LogP contribution < -0.4 is 0 Å². The molecule has 1 radical (unpaired) electrons. The molecular formula is C11H24N2O+. The largest absolute Gasteiger partial charge is 0.147 e. The molecule has 3 heteroatoms. The summed E-state index contributed by atoms with van der Waals surface area (Å²) < 4.78 is -0.208. The summed E-state index contributed by atoms with van der Waals surface area (Å²) in [4.78, 5) is 0. The van der Waals surface area contributed by atoms with Crippen molar-refractivity contribution in [3.8, 4) is 0 Å². The average molecular weight is 200 g/mol. The van der Waals surface area contributed by atoms with Gasteiger partial charge < -0.3 is 0 Å². The molecule has 0 atom stereocenters. The van der Waals surface area contributed by atoms with Crippen LogP contribution in [0.2, 0.25) is 0 Å². The van der Waals surface area contributed by atoms with Crippen molar-refractivity contribution >= 4 is 0 Å². The molecule has 0 bridgehead atoms. The van der Waals surface area contributed by atoms with Gasteiger partial charge in [-0.3, -0.25) is 0 Å². The highest BCUT2D eigenvalue weighted by Crippen LogP contribution is 2.44. The molecule has 0 aliphatic carbocycles. The zero-order valence-corrected chi connectivity index (χ0v) is 10.4. The summed E-state index contributed by atoms with van der Waals surface area (Å²) in [5, 5.41) is 14.8. The number of hydrogen-bond donors (Lipinski definition) is 0. The van der Waals surface area contributed by atoms with E-state index >= 15 is 0 Å². The monoisotopic (exact) mass is 200 g/mol. The second-order valence-electron chi connectivity index (χ2n) is 5.90. The highest BCUT2D eigenvalue weighted by atomic mass is 16.6. The van der Waals surface area contributed by atoms with Crippen LogP contribution in [-0.2, 0) is 5.21 Å². The minimum Gasteiger partial charge on any atom is -0.125 e. The van der Waals surface area contributed by atoms with Crippen LogP contribution in [0.15, 0.2) is 0 Å². The van der Waals surface area contributed by atoms with Gasteiger partial charge in [0, 0.05) is 32.1 Å². The van der Waals surface area contributed by atoms with Crippen LogP contribution >= 0.6 is 0 Å². The third-order valence-corrected chi connectivity index (χ3v) is 3.78. The molecule has 1 aliphatic heterocycles. The van der Waals surface area contributed by atoms with E-state index in [1.54, 1.807) is 0 Å². The Morgan fingerprint density at radius 2 is 1.36 bits per heavy atom. The van der Waals surface area contributed by atoms with Gasteiger partial charge in [0.25, 0.3) is 0 Å². The van der Waals surface area contributed by atoms with Gasteiger partial charge in [-0.15, -0.1) is 5.01 Å². The van der Waals surface area contributed by atoms with Crippen molar-refractivity contribution in [3.05, 3.63) is 0 Å². The highest BCUT2D eigenvalue weighted by Gasteiger charge is 2.61. The number of nitrogens with zero attached hydrogens (tertiary/aromatic N) is 2. The van der Waals surface area contributed by atoms with Crippen molar-refractivity contribution in [1.29, 1.82) is 0 Å². The van der Waals surface area contributed by atoms with Crippen molar-refractivity contribution in [2.24, 2.45) is 0 Å². The maximum atomic E-state index is 13.0. The first-order valence-electron chi connectivity index (χ1n) is 5.43. The molecule has 14 heavy (non-hydrogen) atoms. The second-order valence-corrected chi connectivity index (χ2v) is 5.90. The fourth-order valence-electron chi connectivity index (χ4n) is 3.16. The maximum Gasteiger partial charge on any atom is 0.147 e. The molecule has 0 saturated carbocycles. The van der Waals surface area contributed by atoms with Crippen LogP contribution in [0, 0.1) is 0 Å². The summed E-state index contributed by atoms with van der Waals surface area (Å²) in [6, 6.07) is 0. The fraction of sp³-hybridized carbons (Fsp3) is 1.00. The van der Waals surface area contributed by atoms with Gasteiger partial charge in [0.05, 0.1) is 0 Å². The molecular weight excluding hydrogens is 176 g/mol. The molecule has 3 nitrogen and oxygen atoms in total.